The number of aromatic nitrogens is 1. The summed E-state index contributed by atoms with van der Waals surface area (Å²) in [5.74, 6) is 0.882. The first-order valence-electron chi connectivity index (χ1n) is 5.26. The first-order valence-corrected chi connectivity index (χ1v) is 5.26. The maximum Gasteiger partial charge on any atom is 0.415 e. The van der Waals surface area contributed by atoms with E-state index in [1.54, 1.807) is 4.90 Å². The van der Waals surface area contributed by atoms with Crippen molar-refractivity contribution in [2.45, 2.75) is 6.42 Å². The van der Waals surface area contributed by atoms with E-state index >= 15 is 0 Å². The minimum atomic E-state index is -0.301. The van der Waals surface area contributed by atoms with Crippen LogP contribution in [0.3, 0.4) is 0 Å². The van der Waals surface area contributed by atoms with E-state index in [1.165, 1.54) is 18.1 Å². The molecule has 2 aromatic rings. The first-order chi connectivity index (χ1) is 7.81. The normalized spacial score (nSPS) is 14.2. The first kappa shape index (κ1) is 9.27. The molecule has 0 saturated carbocycles. The summed E-state index contributed by atoms with van der Waals surface area (Å²) in [4.78, 5) is 16.5. The molecule has 2 heterocycles. The molecular weight excluding hydrogens is 204 g/mol. The Balaban J connectivity index is 2.16. The molecule has 1 N–H and O–H groups in total. The average molecular weight is 216 g/mol. The zero-order chi connectivity index (χ0) is 11.1. The maximum atomic E-state index is 11.5. The third-order valence-electron chi connectivity index (χ3n) is 3.04. The molecule has 0 spiro atoms. The van der Waals surface area contributed by atoms with Gasteiger partial charge >= 0.3 is 6.09 Å². The Morgan fingerprint density at radius 2 is 2.25 bits per heavy atom. The molecular formula is C12H12N2O2. The van der Waals surface area contributed by atoms with Crippen LogP contribution in [0.2, 0.25) is 0 Å². The number of H-pyrrole nitrogens is 1. The van der Waals surface area contributed by atoms with Gasteiger partial charge in [0.1, 0.15) is 5.82 Å². The van der Waals surface area contributed by atoms with Gasteiger partial charge in [0.2, 0.25) is 0 Å². The number of hydrogen-bond donors (Lipinski definition) is 1. The number of nitrogens with one attached hydrogen (secondary N) is 1. The summed E-state index contributed by atoms with van der Waals surface area (Å²) >= 11 is 0. The Morgan fingerprint density at radius 1 is 1.44 bits per heavy atom. The minimum absolute atomic E-state index is 0.301. The molecule has 0 unspecified atom stereocenters. The van der Waals surface area contributed by atoms with Gasteiger partial charge in [-0.3, -0.25) is 4.90 Å². The Hall–Kier alpha value is -1.97. The second-order valence-corrected chi connectivity index (χ2v) is 3.87. The van der Waals surface area contributed by atoms with Crippen LogP contribution in [-0.4, -0.2) is 24.7 Å². The van der Waals surface area contributed by atoms with Gasteiger partial charge in [0.25, 0.3) is 0 Å². The average Bonchev–Trinajstić information content (AvgIpc) is 2.86. The number of para-hydroxylation sites is 1. The van der Waals surface area contributed by atoms with Gasteiger partial charge in [-0.15, -0.1) is 0 Å². The maximum absolute atomic E-state index is 11.5. The summed E-state index contributed by atoms with van der Waals surface area (Å²) in [6.45, 7) is 0.693. The van der Waals surface area contributed by atoms with Gasteiger partial charge in [0, 0.05) is 23.0 Å². The van der Waals surface area contributed by atoms with Gasteiger partial charge < -0.3 is 9.72 Å². The number of fused-ring (bicyclic) bond motifs is 3. The van der Waals surface area contributed by atoms with Crippen LogP contribution in [0.25, 0.3) is 10.9 Å². The molecule has 3 rings (SSSR count). The van der Waals surface area contributed by atoms with Crippen molar-refractivity contribution in [2.24, 2.45) is 0 Å². The van der Waals surface area contributed by atoms with Crippen LogP contribution in [0.4, 0.5) is 10.6 Å². The fraction of sp³-hybridized carbons (Fsp3) is 0.250. The van der Waals surface area contributed by atoms with E-state index < -0.39 is 0 Å². The predicted octanol–water partition coefficient (Wildman–Crippen LogP) is 2.30. The van der Waals surface area contributed by atoms with E-state index in [1.807, 2.05) is 18.2 Å². The van der Waals surface area contributed by atoms with Crippen LogP contribution in [0, 0.1) is 0 Å². The standard InChI is InChI=1S/C12H12N2O2/c1-16-12(15)14-7-6-9-8-4-2-3-5-10(8)13-11(9)14/h2-5,13H,6-7H2,1H3. The lowest BCUT2D eigenvalue weighted by molar-refractivity contribution is 0.179. The molecule has 0 radical (unpaired) electrons. The van der Waals surface area contributed by atoms with Gasteiger partial charge in [-0.25, -0.2) is 4.79 Å². The second kappa shape index (κ2) is 3.27. The molecule has 16 heavy (non-hydrogen) atoms. The lowest BCUT2D eigenvalue weighted by Crippen LogP contribution is -2.28. The zero-order valence-electron chi connectivity index (χ0n) is 8.99. The highest BCUT2D eigenvalue weighted by Gasteiger charge is 2.28. The Bertz CT molecular complexity index is 559. The summed E-state index contributed by atoms with van der Waals surface area (Å²) in [5, 5.41) is 1.20. The Labute approximate surface area is 92.8 Å². The summed E-state index contributed by atoms with van der Waals surface area (Å²) in [5.41, 5.74) is 2.28. The second-order valence-electron chi connectivity index (χ2n) is 3.87. The van der Waals surface area contributed by atoms with Crippen molar-refractivity contribution in [3.05, 3.63) is 29.8 Å². The fourth-order valence-corrected chi connectivity index (χ4v) is 2.30. The molecule has 4 nitrogen and oxygen atoms in total. The molecule has 0 fully saturated rings. The fourth-order valence-electron chi connectivity index (χ4n) is 2.30. The number of rotatable bonds is 0. The highest BCUT2D eigenvalue weighted by Crippen LogP contribution is 2.34. The molecule has 1 amide bonds. The number of ether oxygens (including phenoxy) is 1. The molecule has 1 aliphatic rings. The predicted molar refractivity (Wildman–Crippen MR) is 61.8 cm³/mol. The largest absolute Gasteiger partial charge is 0.452 e. The van der Waals surface area contributed by atoms with Crippen molar-refractivity contribution in [1.29, 1.82) is 0 Å². The number of hydrogen-bond acceptors (Lipinski definition) is 2. The van der Waals surface area contributed by atoms with E-state index in [0.29, 0.717) is 6.54 Å². The van der Waals surface area contributed by atoms with Crippen molar-refractivity contribution in [3.63, 3.8) is 0 Å². The van der Waals surface area contributed by atoms with Crippen molar-refractivity contribution in [3.8, 4) is 0 Å². The van der Waals surface area contributed by atoms with Gasteiger partial charge in [-0.2, -0.15) is 0 Å². The number of methoxy groups -OCH3 is 1. The molecule has 0 bridgehead atoms. The van der Waals surface area contributed by atoms with Crippen LogP contribution in [-0.2, 0) is 11.2 Å². The summed E-state index contributed by atoms with van der Waals surface area (Å²) in [7, 11) is 1.41. The molecule has 1 aliphatic heterocycles. The van der Waals surface area contributed by atoms with Crippen LogP contribution in [0.15, 0.2) is 24.3 Å². The molecule has 82 valence electrons. The Morgan fingerprint density at radius 3 is 3.06 bits per heavy atom. The van der Waals surface area contributed by atoms with Crippen LogP contribution >= 0.6 is 0 Å². The van der Waals surface area contributed by atoms with Gasteiger partial charge in [0.15, 0.2) is 0 Å². The summed E-state index contributed by atoms with van der Waals surface area (Å²) in [6, 6.07) is 8.09. The highest BCUT2D eigenvalue weighted by atomic mass is 16.5. The third-order valence-corrected chi connectivity index (χ3v) is 3.04. The van der Waals surface area contributed by atoms with E-state index in [9.17, 15) is 4.79 Å². The molecule has 1 aromatic carbocycles. The summed E-state index contributed by atoms with van der Waals surface area (Å²) < 4.78 is 4.75. The lowest BCUT2D eigenvalue weighted by Gasteiger charge is -2.13. The lowest BCUT2D eigenvalue weighted by atomic mass is 10.1. The Kier molecular flexibility index (Phi) is 1.89. The van der Waals surface area contributed by atoms with Crippen molar-refractivity contribution in [2.75, 3.05) is 18.6 Å². The van der Waals surface area contributed by atoms with E-state index in [4.69, 9.17) is 4.74 Å². The monoisotopic (exact) mass is 216 g/mol. The topological polar surface area (TPSA) is 45.3 Å². The molecule has 1 aromatic heterocycles. The number of amides is 1. The molecule has 4 heteroatoms. The van der Waals surface area contributed by atoms with Crippen molar-refractivity contribution >= 4 is 22.8 Å². The SMILES string of the molecule is COC(=O)N1CCc2c1[nH]c1ccccc21. The number of nitrogens with zero attached hydrogens (tertiary/aromatic N) is 1. The van der Waals surface area contributed by atoms with Crippen LogP contribution in [0.5, 0.6) is 0 Å². The van der Waals surface area contributed by atoms with Gasteiger partial charge in [-0.1, -0.05) is 18.2 Å². The summed E-state index contributed by atoms with van der Waals surface area (Å²) in [6.07, 6.45) is 0.583. The molecule has 0 saturated heterocycles. The van der Waals surface area contributed by atoms with E-state index in [0.717, 1.165) is 17.8 Å². The van der Waals surface area contributed by atoms with E-state index in [2.05, 4.69) is 11.1 Å². The third kappa shape index (κ3) is 1.13. The van der Waals surface area contributed by atoms with Crippen LogP contribution < -0.4 is 4.90 Å². The number of benzene rings is 1. The number of anilines is 1. The molecule has 0 atom stereocenters. The van der Waals surface area contributed by atoms with Gasteiger partial charge in [0.05, 0.1) is 7.11 Å². The van der Waals surface area contributed by atoms with Gasteiger partial charge in [-0.05, 0) is 12.5 Å². The number of aromatic amines is 1. The van der Waals surface area contributed by atoms with Crippen LogP contribution in [0.1, 0.15) is 5.56 Å². The number of carbonyl (C=O) groups is 1. The highest BCUT2D eigenvalue weighted by molar-refractivity contribution is 5.97. The number of carbonyl (C=O) groups excluding carboxylic acids is 1. The smallest absolute Gasteiger partial charge is 0.415 e. The van der Waals surface area contributed by atoms with Crippen molar-refractivity contribution < 1.29 is 9.53 Å². The zero-order valence-corrected chi connectivity index (χ0v) is 8.99. The van der Waals surface area contributed by atoms with Crippen molar-refractivity contribution in [1.82, 2.24) is 4.98 Å². The minimum Gasteiger partial charge on any atom is -0.452 e. The quantitative estimate of drug-likeness (QED) is 0.734. The van der Waals surface area contributed by atoms with E-state index in [-0.39, 0.29) is 6.09 Å². The molecule has 0 aliphatic carbocycles.